The first kappa shape index (κ1) is 10.8. The van der Waals surface area contributed by atoms with Gasteiger partial charge in [-0.15, -0.1) is 0 Å². The largest absolute Gasteiger partial charge is 0.0740 e. The molecule has 0 atom stereocenters. The van der Waals surface area contributed by atoms with Crippen LogP contribution in [0.1, 0.15) is 33.1 Å². The van der Waals surface area contributed by atoms with Gasteiger partial charge >= 0.3 is 0 Å². The quantitative estimate of drug-likeness (QED) is 0.587. The third-order valence-corrected chi connectivity index (χ3v) is 5.00. The summed E-state index contributed by atoms with van der Waals surface area (Å²) in [6.45, 7) is 11.9. The van der Waals surface area contributed by atoms with E-state index in [1.807, 2.05) is 0 Å². The van der Waals surface area contributed by atoms with Gasteiger partial charge < -0.3 is 0 Å². The lowest BCUT2D eigenvalue weighted by molar-refractivity contribution is 0.923. The molecule has 74 valence electrons. The van der Waals surface area contributed by atoms with Gasteiger partial charge in [0, 0.05) is 0 Å². The number of hydrogen-bond donors (Lipinski definition) is 0. The molecule has 1 rings (SSSR count). The molecule has 1 aliphatic rings. The second-order valence-corrected chi connectivity index (χ2v) is 10.3. The highest BCUT2D eigenvalue weighted by atomic mass is 28.3. The van der Waals surface area contributed by atoms with Crippen LogP contribution < -0.4 is 0 Å². The highest BCUT2D eigenvalue weighted by molar-refractivity contribution is 6.83. The van der Waals surface area contributed by atoms with Crippen molar-refractivity contribution in [2.75, 3.05) is 0 Å². The van der Waals surface area contributed by atoms with Crippen molar-refractivity contribution in [2.24, 2.45) is 0 Å². The minimum atomic E-state index is -1.04. The van der Waals surface area contributed by atoms with Crippen LogP contribution in [0.4, 0.5) is 0 Å². The Morgan fingerprint density at radius 1 is 1.31 bits per heavy atom. The van der Waals surface area contributed by atoms with Crippen molar-refractivity contribution < 1.29 is 0 Å². The van der Waals surface area contributed by atoms with Gasteiger partial charge in [-0.3, -0.25) is 0 Å². The standard InChI is InChI=1S/C12H22Si/c1-6-7-11-8-10(2)9-12(11)13(3,4)5/h8H,6-7,9H2,1-5H3. The summed E-state index contributed by atoms with van der Waals surface area (Å²) in [6.07, 6.45) is 6.27. The summed E-state index contributed by atoms with van der Waals surface area (Å²) >= 11 is 0. The van der Waals surface area contributed by atoms with Gasteiger partial charge in [0.05, 0.1) is 8.07 Å². The van der Waals surface area contributed by atoms with E-state index in [-0.39, 0.29) is 0 Å². The molecule has 0 saturated carbocycles. The van der Waals surface area contributed by atoms with Crippen molar-refractivity contribution in [3.63, 3.8) is 0 Å². The lowest BCUT2D eigenvalue weighted by Crippen LogP contribution is -2.24. The number of rotatable bonds is 3. The van der Waals surface area contributed by atoms with Crippen molar-refractivity contribution in [2.45, 2.75) is 52.8 Å². The van der Waals surface area contributed by atoms with E-state index in [0.29, 0.717) is 0 Å². The van der Waals surface area contributed by atoms with E-state index in [1.165, 1.54) is 19.3 Å². The average molecular weight is 194 g/mol. The van der Waals surface area contributed by atoms with Gasteiger partial charge in [0.1, 0.15) is 0 Å². The van der Waals surface area contributed by atoms with Crippen LogP contribution >= 0.6 is 0 Å². The molecule has 0 aliphatic heterocycles. The number of hydrogen-bond acceptors (Lipinski definition) is 0. The molecule has 0 unspecified atom stereocenters. The van der Waals surface area contributed by atoms with E-state index >= 15 is 0 Å². The van der Waals surface area contributed by atoms with Gasteiger partial charge in [-0.1, -0.05) is 55.4 Å². The molecule has 0 spiro atoms. The Kier molecular flexibility index (Phi) is 3.17. The molecule has 0 N–H and O–H groups in total. The first-order valence-electron chi connectivity index (χ1n) is 5.35. The maximum Gasteiger partial charge on any atom is 0.0732 e. The highest BCUT2D eigenvalue weighted by Crippen LogP contribution is 2.34. The van der Waals surface area contributed by atoms with Crippen LogP contribution in [0.3, 0.4) is 0 Å². The van der Waals surface area contributed by atoms with Crippen LogP contribution in [0, 0.1) is 0 Å². The van der Waals surface area contributed by atoms with Crippen molar-refractivity contribution >= 4 is 8.07 Å². The molecule has 0 aromatic carbocycles. The Morgan fingerprint density at radius 3 is 2.38 bits per heavy atom. The zero-order valence-corrected chi connectivity index (χ0v) is 10.7. The van der Waals surface area contributed by atoms with Crippen LogP contribution in [0.25, 0.3) is 0 Å². The van der Waals surface area contributed by atoms with E-state index in [2.05, 4.69) is 39.6 Å². The zero-order valence-electron chi connectivity index (χ0n) is 9.70. The highest BCUT2D eigenvalue weighted by Gasteiger charge is 2.25. The Bertz CT molecular complexity index is 251. The first-order valence-corrected chi connectivity index (χ1v) is 8.85. The van der Waals surface area contributed by atoms with Crippen LogP contribution in [0.5, 0.6) is 0 Å². The van der Waals surface area contributed by atoms with Gasteiger partial charge in [0.15, 0.2) is 0 Å². The topological polar surface area (TPSA) is 0 Å². The SMILES string of the molecule is CCCC1=C([Si](C)(C)C)CC(C)=C1. The Hall–Kier alpha value is -0.303. The summed E-state index contributed by atoms with van der Waals surface area (Å²) in [5.74, 6) is 0. The molecule has 13 heavy (non-hydrogen) atoms. The Balaban J connectivity index is 2.89. The van der Waals surface area contributed by atoms with Crippen LogP contribution in [0.15, 0.2) is 22.4 Å². The molecule has 0 fully saturated rings. The summed E-state index contributed by atoms with van der Waals surface area (Å²) in [5.41, 5.74) is 3.24. The summed E-state index contributed by atoms with van der Waals surface area (Å²) in [6, 6.07) is 0. The van der Waals surface area contributed by atoms with Gasteiger partial charge in [0.2, 0.25) is 0 Å². The van der Waals surface area contributed by atoms with Crippen molar-refractivity contribution in [3.8, 4) is 0 Å². The third-order valence-electron chi connectivity index (χ3n) is 2.69. The fourth-order valence-corrected chi connectivity index (χ4v) is 4.04. The lowest BCUT2D eigenvalue weighted by atomic mass is 10.2. The third kappa shape index (κ3) is 2.57. The van der Waals surface area contributed by atoms with Gasteiger partial charge in [-0.2, -0.15) is 0 Å². The van der Waals surface area contributed by atoms with Crippen molar-refractivity contribution in [1.29, 1.82) is 0 Å². The van der Waals surface area contributed by atoms with Crippen molar-refractivity contribution in [3.05, 3.63) is 22.4 Å². The zero-order chi connectivity index (χ0) is 10.1. The monoisotopic (exact) mass is 194 g/mol. The summed E-state index contributed by atoms with van der Waals surface area (Å²) in [4.78, 5) is 0. The molecular formula is C12H22Si. The molecule has 0 saturated heterocycles. The normalized spacial score (nSPS) is 18.1. The molecule has 0 heterocycles. The van der Waals surface area contributed by atoms with Crippen LogP contribution in [0.2, 0.25) is 19.6 Å². The van der Waals surface area contributed by atoms with E-state index in [9.17, 15) is 0 Å². The second kappa shape index (κ2) is 3.83. The van der Waals surface area contributed by atoms with E-state index in [4.69, 9.17) is 0 Å². The van der Waals surface area contributed by atoms with Crippen LogP contribution in [-0.4, -0.2) is 8.07 Å². The second-order valence-electron chi connectivity index (χ2n) is 5.17. The molecule has 0 nitrogen and oxygen atoms in total. The molecule has 0 aromatic rings. The predicted molar refractivity (Wildman–Crippen MR) is 63.7 cm³/mol. The molecule has 1 heteroatoms. The summed E-state index contributed by atoms with van der Waals surface area (Å²) in [5, 5.41) is 1.80. The Morgan fingerprint density at radius 2 is 1.92 bits per heavy atom. The van der Waals surface area contributed by atoms with E-state index in [0.717, 1.165) is 0 Å². The van der Waals surface area contributed by atoms with E-state index in [1.54, 1.807) is 16.3 Å². The van der Waals surface area contributed by atoms with Crippen molar-refractivity contribution in [1.82, 2.24) is 0 Å². The summed E-state index contributed by atoms with van der Waals surface area (Å²) < 4.78 is 0. The minimum Gasteiger partial charge on any atom is -0.0740 e. The fourth-order valence-electron chi connectivity index (χ4n) is 2.07. The predicted octanol–water partition coefficient (Wildman–Crippen LogP) is 4.31. The lowest BCUT2D eigenvalue weighted by Gasteiger charge is -2.20. The molecular weight excluding hydrogens is 172 g/mol. The molecule has 1 aliphatic carbocycles. The van der Waals surface area contributed by atoms with Crippen LogP contribution in [-0.2, 0) is 0 Å². The molecule has 0 aromatic heterocycles. The van der Waals surface area contributed by atoms with Gasteiger partial charge in [-0.25, -0.2) is 0 Å². The van der Waals surface area contributed by atoms with E-state index < -0.39 is 8.07 Å². The minimum absolute atomic E-state index is 1.04. The Labute approximate surface area is 83.7 Å². The maximum absolute atomic E-state index is 2.46. The maximum atomic E-state index is 2.46. The molecule has 0 bridgehead atoms. The molecule has 0 radical (unpaired) electrons. The first-order chi connectivity index (χ1) is 5.95. The molecule has 0 amide bonds. The number of allylic oxidation sites excluding steroid dienone is 4. The smallest absolute Gasteiger partial charge is 0.0732 e. The van der Waals surface area contributed by atoms with Gasteiger partial charge in [-0.05, 0) is 19.8 Å². The fraction of sp³-hybridized carbons (Fsp3) is 0.667. The average Bonchev–Trinajstić information content (AvgIpc) is 2.30. The van der Waals surface area contributed by atoms with Gasteiger partial charge in [0.25, 0.3) is 0 Å². The summed E-state index contributed by atoms with van der Waals surface area (Å²) in [7, 11) is -1.04.